The van der Waals surface area contributed by atoms with Crippen LogP contribution in [0.15, 0.2) is 30.6 Å². The fourth-order valence-corrected chi connectivity index (χ4v) is 2.54. The van der Waals surface area contributed by atoms with Gasteiger partial charge in [-0.3, -0.25) is 0 Å². The SMILES string of the molecule is CCC[C@@H](CNCc1cnc2ccccn12)NC(=O)OC(C)(C)C. The minimum absolute atomic E-state index is 0.0454. The quantitative estimate of drug-likeness (QED) is 0.817. The Morgan fingerprint density at radius 3 is 2.88 bits per heavy atom. The van der Waals surface area contributed by atoms with Gasteiger partial charge in [0.25, 0.3) is 0 Å². The molecule has 1 atom stereocenters. The number of pyridine rings is 1. The molecule has 0 aliphatic carbocycles. The molecule has 6 heteroatoms. The Hall–Kier alpha value is -2.08. The number of carbonyl (C=O) groups is 1. The highest BCUT2D eigenvalue weighted by Gasteiger charge is 2.19. The van der Waals surface area contributed by atoms with Crippen LogP contribution in [0.3, 0.4) is 0 Å². The molecule has 0 saturated carbocycles. The molecule has 2 rings (SSSR count). The molecule has 2 heterocycles. The molecule has 0 aliphatic rings. The van der Waals surface area contributed by atoms with Crippen LogP contribution in [0.5, 0.6) is 0 Å². The molecule has 0 fully saturated rings. The highest BCUT2D eigenvalue weighted by Crippen LogP contribution is 2.08. The number of ether oxygens (including phenoxy) is 1. The normalized spacial score (nSPS) is 13.0. The zero-order chi connectivity index (χ0) is 17.6. The number of alkyl carbamates (subject to hydrolysis) is 1. The van der Waals surface area contributed by atoms with Crippen molar-refractivity contribution in [2.24, 2.45) is 0 Å². The Kier molecular flexibility index (Phi) is 6.20. The number of rotatable bonds is 7. The van der Waals surface area contributed by atoms with Crippen LogP contribution in [-0.2, 0) is 11.3 Å². The number of fused-ring (bicyclic) bond motifs is 1. The summed E-state index contributed by atoms with van der Waals surface area (Å²) in [5, 5.41) is 6.35. The lowest BCUT2D eigenvalue weighted by atomic mass is 10.1. The molecule has 0 unspecified atom stereocenters. The van der Waals surface area contributed by atoms with E-state index in [0.717, 1.165) is 24.2 Å². The number of hydrogen-bond acceptors (Lipinski definition) is 4. The molecule has 0 saturated heterocycles. The summed E-state index contributed by atoms with van der Waals surface area (Å²) in [4.78, 5) is 16.3. The molecule has 0 spiro atoms. The minimum Gasteiger partial charge on any atom is -0.444 e. The fourth-order valence-electron chi connectivity index (χ4n) is 2.54. The topological polar surface area (TPSA) is 67.7 Å². The third-order valence-corrected chi connectivity index (χ3v) is 3.55. The Morgan fingerprint density at radius 1 is 1.38 bits per heavy atom. The van der Waals surface area contributed by atoms with E-state index >= 15 is 0 Å². The molecule has 2 aromatic heterocycles. The van der Waals surface area contributed by atoms with Gasteiger partial charge in [-0.1, -0.05) is 19.4 Å². The largest absolute Gasteiger partial charge is 0.444 e. The first-order valence-electron chi connectivity index (χ1n) is 8.50. The molecule has 6 nitrogen and oxygen atoms in total. The molecule has 132 valence electrons. The number of aromatic nitrogens is 2. The zero-order valence-corrected chi connectivity index (χ0v) is 15.0. The van der Waals surface area contributed by atoms with Gasteiger partial charge in [0.15, 0.2) is 0 Å². The summed E-state index contributed by atoms with van der Waals surface area (Å²) in [6, 6.07) is 5.99. The minimum atomic E-state index is -0.481. The van der Waals surface area contributed by atoms with Gasteiger partial charge < -0.3 is 19.8 Å². The third kappa shape index (κ3) is 5.53. The maximum Gasteiger partial charge on any atom is 0.407 e. The van der Waals surface area contributed by atoms with E-state index in [1.54, 1.807) is 0 Å². The van der Waals surface area contributed by atoms with E-state index in [1.807, 2.05) is 51.4 Å². The van der Waals surface area contributed by atoms with Crippen LogP contribution in [0.4, 0.5) is 4.79 Å². The Morgan fingerprint density at radius 2 is 2.17 bits per heavy atom. The van der Waals surface area contributed by atoms with Crippen LogP contribution in [0.25, 0.3) is 5.65 Å². The van der Waals surface area contributed by atoms with Gasteiger partial charge in [-0.25, -0.2) is 9.78 Å². The van der Waals surface area contributed by atoms with Gasteiger partial charge in [0.1, 0.15) is 11.2 Å². The van der Waals surface area contributed by atoms with Crippen molar-refractivity contribution >= 4 is 11.7 Å². The highest BCUT2D eigenvalue weighted by molar-refractivity contribution is 5.68. The van der Waals surface area contributed by atoms with Gasteiger partial charge in [-0.2, -0.15) is 0 Å². The lowest BCUT2D eigenvalue weighted by molar-refractivity contribution is 0.0501. The van der Waals surface area contributed by atoms with Crippen molar-refractivity contribution in [1.29, 1.82) is 0 Å². The van der Waals surface area contributed by atoms with Gasteiger partial charge >= 0.3 is 6.09 Å². The summed E-state index contributed by atoms with van der Waals surface area (Å²) < 4.78 is 7.39. The van der Waals surface area contributed by atoms with Crippen molar-refractivity contribution in [3.8, 4) is 0 Å². The summed E-state index contributed by atoms with van der Waals surface area (Å²) in [5.74, 6) is 0. The standard InChI is InChI=1S/C18H28N4O2/c1-5-8-14(21-17(23)24-18(2,3)4)11-19-12-15-13-20-16-9-6-7-10-22(15)16/h6-7,9-10,13-14,19H,5,8,11-12H2,1-4H3,(H,21,23)/t14-/m0/s1. The van der Waals surface area contributed by atoms with E-state index in [9.17, 15) is 4.79 Å². The van der Waals surface area contributed by atoms with E-state index in [0.29, 0.717) is 13.1 Å². The van der Waals surface area contributed by atoms with Crippen LogP contribution >= 0.6 is 0 Å². The van der Waals surface area contributed by atoms with Crippen LogP contribution in [0.2, 0.25) is 0 Å². The highest BCUT2D eigenvalue weighted by atomic mass is 16.6. The van der Waals surface area contributed by atoms with Gasteiger partial charge in [0.05, 0.1) is 11.9 Å². The molecule has 1 amide bonds. The fraction of sp³-hybridized carbons (Fsp3) is 0.556. The summed E-state index contributed by atoms with van der Waals surface area (Å²) in [6.45, 7) is 9.09. The number of imidazole rings is 1. The first-order chi connectivity index (χ1) is 11.4. The number of hydrogen-bond donors (Lipinski definition) is 2. The summed E-state index contributed by atoms with van der Waals surface area (Å²) in [6.07, 6.45) is 5.41. The zero-order valence-electron chi connectivity index (χ0n) is 15.0. The number of nitrogens with zero attached hydrogens (tertiary/aromatic N) is 2. The lowest BCUT2D eigenvalue weighted by Crippen LogP contribution is -2.44. The van der Waals surface area contributed by atoms with Gasteiger partial charge in [0, 0.05) is 25.3 Å². The van der Waals surface area contributed by atoms with Crippen molar-refractivity contribution in [3.05, 3.63) is 36.3 Å². The molecule has 2 N–H and O–H groups in total. The van der Waals surface area contributed by atoms with Crippen molar-refractivity contribution < 1.29 is 9.53 Å². The van der Waals surface area contributed by atoms with E-state index < -0.39 is 5.60 Å². The van der Waals surface area contributed by atoms with E-state index in [-0.39, 0.29) is 12.1 Å². The molecule has 0 aliphatic heterocycles. The predicted octanol–water partition coefficient (Wildman–Crippen LogP) is 3.12. The average Bonchev–Trinajstić information content (AvgIpc) is 2.89. The second-order valence-electron chi connectivity index (χ2n) is 6.94. The molecular weight excluding hydrogens is 304 g/mol. The smallest absolute Gasteiger partial charge is 0.407 e. The molecule has 24 heavy (non-hydrogen) atoms. The van der Waals surface area contributed by atoms with Crippen LogP contribution in [-0.4, -0.2) is 33.7 Å². The molecule has 2 aromatic rings. The van der Waals surface area contributed by atoms with E-state index in [2.05, 4.69) is 26.9 Å². The molecule has 0 bridgehead atoms. The lowest BCUT2D eigenvalue weighted by Gasteiger charge is -2.23. The summed E-state index contributed by atoms with van der Waals surface area (Å²) >= 11 is 0. The summed E-state index contributed by atoms with van der Waals surface area (Å²) in [7, 11) is 0. The van der Waals surface area contributed by atoms with E-state index in [4.69, 9.17) is 4.74 Å². The van der Waals surface area contributed by atoms with Crippen LogP contribution in [0, 0.1) is 0 Å². The molecule has 0 radical (unpaired) electrons. The van der Waals surface area contributed by atoms with Gasteiger partial charge in [-0.05, 0) is 39.3 Å². The predicted molar refractivity (Wildman–Crippen MR) is 95.0 cm³/mol. The Labute approximate surface area is 143 Å². The number of carbonyl (C=O) groups excluding carboxylic acids is 1. The average molecular weight is 332 g/mol. The van der Waals surface area contributed by atoms with Crippen molar-refractivity contribution in [2.45, 2.75) is 58.7 Å². The Bertz CT molecular complexity index is 660. The molecule has 0 aromatic carbocycles. The number of nitrogens with one attached hydrogen (secondary N) is 2. The van der Waals surface area contributed by atoms with Crippen molar-refractivity contribution in [1.82, 2.24) is 20.0 Å². The third-order valence-electron chi connectivity index (χ3n) is 3.55. The van der Waals surface area contributed by atoms with Gasteiger partial charge in [0.2, 0.25) is 0 Å². The van der Waals surface area contributed by atoms with Crippen LogP contribution in [0.1, 0.15) is 46.2 Å². The van der Waals surface area contributed by atoms with Crippen molar-refractivity contribution in [2.75, 3.05) is 6.54 Å². The van der Waals surface area contributed by atoms with E-state index in [1.165, 1.54) is 0 Å². The monoisotopic (exact) mass is 332 g/mol. The molecular formula is C18H28N4O2. The second kappa shape index (κ2) is 8.15. The van der Waals surface area contributed by atoms with Crippen molar-refractivity contribution in [3.63, 3.8) is 0 Å². The van der Waals surface area contributed by atoms with Crippen LogP contribution < -0.4 is 10.6 Å². The number of amides is 1. The summed E-state index contributed by atoms with van der Waals surface area (Å²) in [5.41, 5.74) is 1.55. The first-order valence-corrected chi connectivity index (χ1v) is 8.50. The Balaban J connectivity index is 1.86. The maximum absolute atomic E-state index is 11.9. The van der Waals surface area contributed by atoms with Gasteiger partial charge in [-0.15, -0.1) is 0 Å². The second-order valence-corrected chi connectivity index (χ2v) is 6.94. The maximum atomic E-state index is 11.9. The first kappa shape index (κ1) is 18.3.